The molecule has 0 aromatic heterocycles. The van der Waals surface area contributed by atoms with Gasteiger partial charge in [-0.3, -0.25) is 0 Å². The van der Waals surface area contributed by atoms with E-state index in [0.29, 0.717) is 0 Å². The summed E-state index contributed by atoms with van der Waals surface area (Å²) in [4.78, 5) is 12.1. The Kier molecular flexibility index (Phi) is 5.12. The Labute approximate surface area is 151 Å². The fourth-order valence-electron chi connectivity index (χ4n) is 2.45. The second-order valence-corrected chi connectivity index (χ2v) is 5.50. The normalized spacial score (nSPS) is 10.7. The Morgan fingerprint density at radius 1 is 0.926 bits per heavy atom. The summed E-state index contributed by atoms with van der Waals surface area (Å²) in [5.41, 5.74) is -0.897. The van der Waals surface area contributed by atoms with Crippen LogP contribution in [0.4, 0.5) is 17.6 Å². The van der Waals surface area contributed by atoms with Crippen LogP contribution in [0.1, 0.15) is 10.4 Å². The van der Waals surface area contributed by atoms with E-state index in [4.69, 9.17) is 9.47 Å². The lowest BCUT2D eigenvalue weighted by atomic mass is 10.1. The van der Waals surface area contributed by atoms with Crippen molar-refractivity contribution in [3.63, 3.8) is 0 Å². The molecule has 0 aliphatic carbocycles. The number of fused-ring (bicyclic) bond motifs is 1. The maximum Gasteiger partial charge on any atom is 0.349 e. The van der Waals surface area contributed by atoms with Crippen molar-refractivity contribution in [3.8, 4) is 11.5 Å². The van der Waals surface area contributed by atoms with Crippen LogP contribution >= 0.6 is 0 Å². The monoisotopic (exact) mass is 376 g/mol. The van der Waals surface area contributed by atoms with Crippen LogP contribution in [0.15, 0.2) is 55.1 Å². The molecular weight excluding hydrogens is 364 g/mol. The first-order chi connectivity index (χ1) is 12.9. The molecule has 0 saturated carbocycles. The summed E-state index contributed by atoms with van der Waals surface area (Å²) < 4.78 is 65.1. The number of hydrogen-bond acceptors (Lipinski definition) is 3. The van der Waals surface area contributed by atoms with Crippen LogP contribution in [0.3, 0.4) is 0 Å². The lowest BCUT2D eigenvalue weighted by Gasteiger charge is -2.10. The highest BCUT2D eigenvalue weighted by Gasteiger charge is 2.21. The third kappa shape index (κ3) is 3.76. The maximum atomic E-state index is 14.1. The first-order valence-corrected chi connectivity index (χ1v) is 7.73. The molecule has 0 amide bonds. The summed E-state index contributed by atoms with van der Waals surface area (Å²) in [5, 5.41) is 0.240. The molecule has 0 N–H and O–H groups in total. The van der Waals surface area contributed by atoms with E-state index in [-0.39, 0.29) is 28.9 Å². The molecule has 0 spiro atoms. The van der Waals surface area contributed by atoms with Gasteiger partial charge in [-0.05, 0) is 29.7 Å². The third-order valence-corrected chi connectivity index (χ3v) is 3.68. The Morgan fingerprint density at radius 3 is 2.30 bits per heavy atom. The highest BCUT2D eigenvalue weighted by atomic mass is 19.2. The number of carbonyl (C=O) groups excluding carboxylic acids is 1. The Balaban J connectivity index is 1.88. The SMILES string of the molecule is C=CCOc1cc(F)c(C(=O)Oc2ccc3c(F)c(F)ccc3c2)c(F)c1. The van der Waals surface area contributed by atoms with Crippen LogP contribution in [0.5, 0.6) is 11.5 Å². The molecular formula is C20H12F4O3. The van der Waals surface area contributed by atoms with Crippen molar-refractivity contribution in [2.45, 2.75) is 0 Å². The fourth-order valence-corrected chi connectivity index (χ4v) is 2.45. The molecule has 0 bridgehead atoms. The van der Waals surface area contributed by atoms with E-state index in [9.17, 15) is 22.4 Å². The van der Waals surface area contributed by atoms with Gasteiger partial charge >= 0.3 is 5.97 Å². The van der Waals surface area contributed by atoms with Crippen LogP contribution < -0.4 is 9.47 Å². The number of hydrogen-bond donors (Lipinski definition) is 0. The van der Waals surface area contributed by atoms with Gasteiger partial charge in [0.2, 0.25) is 0 Å². The van der Waals surface area contributed by atoms with Crippen LogP contribution in [-0.2, 0) is 0 Å². The number of rotatable bonds is 5. The molecule has 7 heteroatoms. The molecule has 0 unspecified atom stereocenters. The summed E-state index contributed by atoms with van der Waals surface area (Å²) in [7, 11) is 0. The standard InChI is InChI=1S/C20H12F4O3/c1-2-7-26-13-9-16(22)18(17(23)10-13)20(25)27-12-4-5-14-11(8-12)3-6-15(21)19(14)24/h2-6,8-10H,1,7H2. The highest BCUT2D eigenvalue weighted by molar-refractivity contribution is 5.93. The third-order valence-electron chi connectivity index (χ3n) is 3.68. The number of carbonyl (C=O) groups is 1. The predicted octanol–water partition coefficient (Wildman–Crippen LogP) is 5.18. The summed E-state index contributed by atoms with van der Waals surface area (Å²) in [6.45, 7) is 3.45. The van der Waals surface area contributed by atoms with Crippen molar-refractivity contribution in [3.05, 3.63) is 84.0 Å². The van der Waals surface area contributed by atoms with Crippen molar-refractivity contribution in [1.82, 2.24) is 0 Å². The van der Waals surface area contributed by atoms with Crippen molar-refractivity contribution in [2.24, 2.45) is 0 Å². The van der Waals surface area contributed by atoms with Crippen LogP contribution in [0.25, 0.3) is 10.8 Å². The zero-order valence-electron chi connectivity index (χ0n) is 13.8. The average Bonchev–Trinajstić information content (AvgIpc) is 2.62. The van der Waals surface area contributed by atoms with Crippen molar-refractivity contribution in [1.29, 1.82) is 0 Å². The van der Waals surface area contributed by atoms with Crippen LogP contribution in [0, 0.1) is 23.3 Å². The molecule has 3 rings (SSSR count). The first kappa shape index (κ1) is 18.4. The number of halogens is 4. The van der Waals surface area contributed by atoms with Gasteiger partial charge < -0.3 is 9.47 Å². The topological polar surface area (TPSA) is 35.5 Å². The quantitative estimate of drug-likeness (QED) is 0.266. The summed E-state index contributed by atoms with van der Waals surface area (Å²) in [6, 6.07) is 7.56. The molecule has 0 aliphatic rings. The first-order valence-electron chi connectivity index (χ1n) is 7.73. The molecule has 3 aromatic carbocycles. The molecule has 0 heterocycles. The second-order valence-electron chi connectivity index (χ2n) is 5.50. The molecule has 0 fully saturated rings. The van der Waals surface area contributed by atoms with Gasteiger partial charge in [0.25, 0.3) is 0 Å². The van der Waals surface area contributed by atoms with E-state index in [1.165, 1.54) is 30.3 Å². The van der Waals surface area contributed by atoms with Gasteiger partial charge in [0.1, 0.15) is 35.3 Å². The van der Waals surface area contributed by atoms with Crippen molar-refractivity contribution >= 4 is 16.7 Å². The summed E-state index contributed by atoms with van der Waals surface area (Å²) in [6.07, 6.45) is 1.40. The van der Waals surface area contributed by atoms with E-state index in [2.05, 4.69) is 6.58 Å². The number of benzene rings is 3. The molecule has 3 nitrogen and oxygen atoms in total. The summed E-state index contributed by atoms with van der Waals surface area (Å²) in [5.74, 6) is -5.84. The van der Waals surface area contributed by atoms with Gasteiger partial charge in [-0.2, -0.15) is 0 Å². The smallest absolute Gasteiger partial charge is 0.349 e. The minimum absolute atomic E-state index is 0.0177. The van der Waals surface area contributed by atoms with E-state index < -0.39 is 34.8 Å². The molecule has 0 radical (unpaired) electrons. The molecule has 3 aromatic rings. The minimum atomic E-state index is -1.28. The fraction of sp³-hybridized carbons (Fsp3) is 0.0500. The second kappa shape index (κ2) is 7.49. The van der Waals surface area contributed by atoms with Crippen LogP contribution in [-0.4, -0.2) is 12.6 Å². The molecule has 138 valence electrons. The Bertz CT molecular complexity index is 1020. The maximum absolute atomic E-state index is 14.1. The van der Waals surface area contributed by atoms with Crippen molar-refractivity contribution < 1.29 is 31.8 Å². The molecule has 27 heavy (non-hydrogen) atoms. The highest BCUT2D eigenvalue weighted by Crippen LogP contribution is 2.27. The lowest BCUT2D eigenvalue weighted by Crippen LogP contribution is -2.13. The Hall–Kier alpha value is -3.35. The average molecular weight is 376 g/mol. The number of esters is 1. The van der Waals surface area contributed by atoms with E-state index >= 15 is 0 Å². The van der Waals surface area contributed by atoms with E-state index in [0.717, 1.165) is 18.2 Å². The molecule has 0 aliphatic heterocycles. The number of ether oxygens (including phenoxy) is 2. The van der Waals surface area contributed by atoms with Gasteiger partial charge in [-0.15, -0.1) is 0 Å². The minimum Gasteiger partial charge on any atom is -0.489 e. The van der Waals surface area contributed by atoms with Gasteiger partial charge in [-0.25, -0.2) is 22.4 Å². The van der Waals surface area contributed by atoms with Crippen molar-refractivity contribution in [2.75, 3.05) is 6.61 Å². The lowest BCUT2D eigenvalue weighted by molar-refractivity contribution is 0.0724. The van der Waals surface area contributed by atoms with E-state index in [1.807, 2.05) is 0 Å². The zero-order valence-corrected chi connectivity index (χ0v) is 13.8. The van der Waals surface area contributed by atoms with Gasteiger partial charge in [-0.1, -0.05) is 18.7 Å². The van der Waals surface area contributed by atoms with Crippen LogP contribution in [0.2, 0.25) is 0 Å². The van der Waals surface area contributed by atoms with Gasteiger partial charge in [0.05, 0.1) is 0 Å². The zero-order chi connectivity index (χ0) is 19.6. The van der Waals surface area contributed by atoms with E-state index in [1.54, 1.807) is 0 Å². The van der Waals surface area contributed by atoms with Gasteiger partial charge in [0.15, 0.2) is 11.6 Å². The summed E-state index contributed by atoms with van der Waals surface area (Å²) >= 11 is 0. The molecule has 0 atom stereocenters. The van der Waals surface area contributed by atoms with Gasteiger partial charge in [0, 0.05) is 17.5 Å². The molecule has 0 saturated heterocycles. The predicted molar refractivity (Wildman–Crippen MR) is 90.9 cm³/mol. The largest absolute Gasteiger partial charge is 0.489 e. The Morgan fingerprint density at radius 2 is 1.63 bits per heavy atom.